The molecule has 6 nitrogen and oxygen atoms in total. The maximum atomic E-state index is 14.1. The van der Waals surface area contributed by atoms with Gasteiger partial charge in [0.1, 0.15) is 11.7 Å². The summed E-state index contributed by atoms with van der Waals surface area (Å²) < 4.78 is 14.1. The third kappa shape index (κ3) is 4.01. The highest BCUT2D eigenvalue weighted by Gasteiger charge is 2.43. The number of nitrogens with zero attached hydrogens (tertiary/aromatic N) is 3. The molecule has 2 amide bonds. The van der Waals surface area contributed by atoms with Gasteiger partial charge in [0.15, 0.2) is 11.2 Å². The fourth-order valence-electron chi connectivity index (χ4n) is 3.91. The van der Waals surface area contributed by atoms with E-state index in [0.717, 1.165) is 11.1 Å². The number of amidine groups is 2. The molecule has 34 heavy (non-hydrogen) atoms. The van der Waals surface area contributed by atoms with Gasteiger partial charge in [-0.3, -0.25) is 9.59 Å². The minimum Gasteiger partial charge on any atom is -0.323 e. The van der Waals surface area contributed by atoms with E-state index in [1.807, 2.05) is 61.5 Å². The molecule has 0 aromatic heterocycles. The predicted molar refractivity (Wildman–Crippen MR) is 133 cm³/mol. The van der Waals surface area contributed by atoms with Crippen molar-refractivity contribution in [3.05, 3.63) is 95.8 Å². The van der Waals surface area contributed by atoms with E-state index in [9.17, 15) is 14.0 Å². The van der Waals surface area contributed by atoms with Crippen molar-refractivity contribution in [2.45, 2.75) is 24.6 Å². The van der Waals surface area contributed by atoms with Crippen molar-refractivity contribution in [3.8, 4) is 0 Å². The normalized spacial score (nSPS) is 17.4. The SMILES string of the molecule is CC[C@@H](SC1=Nc2ccccc2C2=N[C@@H](c3ccccc3)C(=O)N12)C(=O)Nc1ccccc1F. The first kappa shape index (κ1) is 22.0. The van der Waals surface area contributed by atoms with Gasteiger partial charge in [-0.1, -0.05) is 73.3 Å². The zero-order valence-electron chi connectivity index (χ0n) is 18.3. The van der Waals surface area contributed by atoms with Crippen LogP contribution in [0.2, 0.25) is 0 Å². The summed E-state index contributed by atoms with van der Waals surface area (Å²) in [6, 6.07) is 22.2. The molecule has 0 bridgehead atoms. The lowest BCUT2D eigenvalue weighted by atomic mass is 10.1. The van der Waals surface area contributed by atoms with Gasteiger partial charge in [-0.25, -0.2) is 19.3 Å². The van der Waals surface area contributed by atoms with E-state index in [4.69, 9.17) is 9.98 Å². The summed E-state index contributed by atoms with van der Waals surface area (Å²) in [6.07, 6.45) is 0.461. The van der Waals surface area contributed by atoms with Gasteiger partial charge in [-0.2, -0.15) is 0 Å². The van der Waals surface area contributed by atoms with E-state index >= 15 is 0 Å². The molecule has 1 N–H and O–H groups in total. The molecule has 0 spiro atoms. The Balaban J connectivity index is 1.47. The van der Waals surface area contributed by atoms with Crippen molar-refractivity contribution < 1.29 is 14.0 Å². The highest BCUT2D eigenvalue weighted by Crippen LogP contribution is 2.38. The Morgan fingerprint density at radius 2 is 1.76 bits per heavy atom. The molecule has 2 heterocycles. The number of anilines is 1. The number of hydrogen-bond donors (Lipinski definition) is 1. The van der Waals surface area contributed by atoms with Crippen LogP contribution in [0.1, 0.15) is 30.5 Å². The summed E-state index contributed by atoms with van der Waals surface area (Å²) in [6.45, 7) is 1.86. The van der Waals surface area contributed by atoms with Crippen molar-refractivity contribution >= 4 is 46.0 Å². The monoisotopic (exact) mass is 472 g/mol. The lowest BCUT2D eigenvalue weighted by Gasteiger charge is -2.27. The lowest BCUT2D eigenvalue weighted by Crippen LogP contribution is -2.41. The standard InChI is InChI=1S/C26H21FN4O2S/c1-2-21(24(32)28-20-15-9-7-13-18(20)27)34-26-29-19-14-8-6-12-17(19)23-30-22(25(33)31(23)26)16-10-4-3-5-11-16/h3-15,21-22H,2H2,1H3,(H,28,32)/t21-,22+/m1/s1. The van der Waals surface area contributed by atoms with Crippen LogP contribution in [-0.4, -0.2) is 33.0 Å². The average Bonchev–Trinajstić information content (AvgIpc) is 3.22. The molecule has 0 fully saturated rings. The van der Waals surface area contributed by atoms with E-state index < -0.39 is 17.1 Å². The van der Waals surface area contributed by atoms with Crippen molar-refractivity contribution in [2.75, 3.05) is 5.32 Å². The molecule has 2 atom stereocenters. The van der Waals surface area contributed by atoms with Gasteiger partial charge in [0.2, 0.25) is 5.91 Å². The summed E-state index contributed by atoms with van der Waals surface area (Å²) >= 11 is 1.18. The van der Waals surface area contributed by atoms with Crippen LogP contribution in [0.3, 0.4) is 0 Å². The van der Waals surface area contributed by atoms with Gasteiger partial charge >= 0.3 is 0 Å². The second kappa shape index (κ2) is 9.23. The van der Waals surface area contributed by atoms with Gasteiger partial charge < -0.3 is 5.32 Å². The number of halogens is 1. The number of thioether (sulfide) groups is 1. The Hall–Kier alpha value is -3.78. The van der Waals surface area contributed by atoms with E-state index in [0.29, 0.717) is 23.1 Å². The summed E-state index contributed by atoms with van der Waals surface area (Å²) in [7, 11) is 0. The third-order valence-corrected chi connectivity index (χ3v) is 6.94. The number of hydrogen-bond acceptors (Lipinski definition) is 5. The quantitative estimate of drug-likeness (QED) is 0.547. The number of para-hydroxylation sites is 2. The van der Waals surface area contributed by atoms with Crippen LogP contribution < -0.4 is 5.32 Å². The first-order chi connectivity index (χ1) is 16.6. The largest absolute Gasteiger partial charge is 0.323 e. The summed E-state index contributed by atoms with van der Waals surface area (Å²) in [5.74, 6) is -0.555. The highest BCUT2D eigenvalue weighted by molar-refractivity contribution is 8.15. The Morgan fingerprint density at radius 1 is 1.06 bits per heavy atom. The number of benzene rings is 3. The van der Waals surface area contributed by atoms with Crippen LogP contribution in [0.4, 0.5) is 15.8 Å². The molecule has 2 aliphatic rings. The molecule has 8 heteroatoms. The summed E-state index contributed by atoms with van der Waals surface area (Å²) in [4.78, 5) is 37.5. The van der Waals surface area contributed by atoms with E-state index in [2.05, 4.69) is 5.32 Å². The van der Waals surface area contributed by atoms with Crippen LogP contribution in [0, 0.1) is 5.82 Å². The molecule has 3 aromatic rings. The van der Waals surface area contributed by atoms with Gasteiger partial charge in [0, 0.05) is 5.56 Å². The zero-order valence-corrected chi connectivity index (χ0v) is 19.1. The van der Waals surface area contributed by atoms with Gasteiger partial charge in [-0.15, -0.1) is 0 Å². The van der Waals surface area contributed by atoms with Gasteiger partial charge in [-0.05, 0) is 36.2 Å². The number of carbonyl (C=O) groups excluding carboxylic acids is 2. The zero-order chi connectivity index (χ0) is 23.7. The highest BCUT2D eigenvalue weighted by atomic mass is 32.2. The van der Waals surface area contributed by atoms with Crippen molar-refractivity contribution in [3.63, 3.8) is 0 Å². The Labute approximate surface area is 200 Å². The predicted octanol–water partition coefficient (Wildman–Crippen LogP) is 5.31. The summed E-state index contributed by atoms with van der Waals surface area (Å²) in [5, 5.41) is 2.45. The number of aliphatic imine (C=N–C) groups is 2. The second-order valence-electron chi connectivity index (χ2n) is 7.83. The molecule has 0 unspecified atom stereocenters. The van der Waals surface area contributed by atoms with E-state index in [-0.39, 0.29) is 17.5 Å². The Kier molecular flexibility index (Phi) is 5.98. The van der Waals surface area contributed by atoms with Crippen molar-refractivity contribution in [1.82, 2.24) is 4.90 Å². The third-order valence-electron chi connectivity index (χ3n) is 5.63. The number of fused-ring (bicyclic) bond motifs is 3. The lowest BCUT2D eigenvalue weighted by molar-refractivity contribution is -0.124. The van der Waals surface area contributed by atoms with E-state index in [1.54, 1.807) is 12.1 Å². The first-order valence-electron chi connectivity index (χ1n) is 10.9. The molecule has 5 rings (SSSR count). The molecule has 0 saturated heterocycles. The molecule has 2 aliphatic heterocycles. The van der Waals surface area contributed by atoms with Crippen LogP contribution >= 0.6 is 11.8 Å². The first-order valence-corrected chi connectivity index (χ1v) is 11.8. The minimum absolute atomic E-state index is 0.117. The average molecular weight is 473 g/mol. The van der Waals surface area contributed by atoms with E-state index in [1.165, 1.54) is 28.8 Å². The molecular formula is C26H21FN4O2S. The molecule has 0 saturated carbocycles. The van der Waals surface area contributed by atoms with Gasteiger partial charge in [0.25, 0.3) is 5.91 Å². The molecular weight excluding hydrogens is 451 g/mol. The van der Waals surface area contributed by atoms with Crippen LogP contribution in [0.5, 0.6) is 0 Å². The van der Waals surface area contributed by atoms with Gasteiger partial charge in [0.05, 0.1) is 16.6 Å². The van der Waals surface area contributed by atoms with Crippen molar-refractivity contribution in [2.24, 2.45) is 9.98 Å². The molecule has 3 aromatic carbocycles. The van der Waals surface area contributed by atoms with Crippen molar-refractivity contribution in [1.29, 1.82) is 0 Å². The number of carbonyl (C=O) groups is 2. The minimum atomic E-state index is -0.680. The fraction of sp³-hybridized carbons (Fsp3) is 0.154. The number of nitrogens with one attached hydrogen (secondary N) is 1. The topological polar surface area (TPSA) is 74.1 Å². The summed E-state index contributed by atoms with van der Waals surface area (Å²) in [5.41, 5.74) is 2.36. The molecule has 170 valence electrons. The van der Waals surface area contributed by atoms with Crippen LogP contribution in [0.25, 0.3) is 0 Å². The fourth-order valence-corrected chi connectivity index (χ4v) is 4.93. The number of rotatable bonds is 5. The van der Waals surface area contributed by atoms with Crippen LogP contribution in [0.15, 0.2) is 88.8 Å². The maximum absolute atomic E-state index is 14.1. The Morgan fingerprint density at radius 3 is 2.53 bits per heavy atom. The van der Waals surface area contributed by atoms with Crippen LogP contribution in [-0.2, 0) is 9.59 Å². The Bertz CT molecular complexity index is 1330. The second-order valence-corrected chi connectivity index (χ2v) is 9.00. The number of amides is 2. The molecule has 0 aliphatic carbocycles. The maximum Gasteiger partial charge on any atom is 0.263 e. The molecule has 0 radical (unpaired) electrons. The smallest absolute Gasteiger partial charge is 0.263 e.